The number of Topliss-reactive ketones (excluding diaryl/α,β-unsaturated/α-hetero) is 1. The Morgan fingerprint density at radius 3 is 2.67 bits per heavy atom. The van der Waals surface area contributed by atoms with Crippen LogP contribution < -0.4 is 4.74 Å². The van der Waals surface area contributed by atoms with E-state index in [4.69, 9.17) is 4.74 Å². The molecule has 0 aliphatic rings. The van der Waals surface area contributed by atoms with Gasteiger partial charge in [0.1, 0.15) is 5.75 Å². The highest BCUT2D eigenvalue weighted by atomic mass is 16.5. The fourth-order valence-corrected chi connectivity index (χ4v) is 2.46. The van der Waals surface area contributed by atoms with Crippen LogP contribution in [0.25, 0.3) is 10.9 Å². The Morgan fingerprint density at radius 1 is 1.05 bits per heavy atom. The van der Waals surface area contributed by atoms with Crippen LogP contribution in [0.15, 0.2) is 60.8 Å². The molecule has 104 valence electrons. The third kappa shape index (κ3) is 2.63. The minimum absolute atomic E-state index is 0.0677. The molecule has 3 heteroatoms. The van der Waals surface area contributed by atoms with Crippen molar-refractivity contribution in [2.24, 2.45) is 0 Å². The van der Waals surface area contributed by atoms with Gasteiger partial charge in [0.2, 0.25) is 0 Å². The molecule has 0 amide bonds. The molecule has 3 aromatic rings. The van der Waals surface area contributed by atoms with Crippen LogP contribution in [0.2, 0.25) is 0 Å². The van der Waals surface area contributed by atoms with E-state index in [2.05, 4.69) is 4.98 Å². The van der Waals surface area contributed by atoms with Crippen LogP contribution in [0.3, 0.4) is 0 Å². The third-order valence-corrected chi connectivity index (χ3v) is 3.49. The number of hydrogen-bond acceptors (Lipinski definition) is 3. The van der Waals surface area contributed by atoms with Crippen molar-refractivity contribution in [3.8, 4) is 5.75 Å². The van der Waals surface area contributed by atoms with Crippen LogP contribution in [0.4, 0.5) is 0 Å². The predicted octanol–water partition coefficient (Wildman–Crippen LogP) is 3.67. The number of para-hydroxylation sites is 2. The summed E-state index contributed by atoms with van der Waals surface area (Å²) in [5.41, 5.74) is 2.43. The lowest BCUT2D eigenvalue weighted by Crippen LogP contribution is -2.06. The number of aromatic nitrogens is 1. The van der Waals surface area contributed by atoms with E-state index >= 15 is 0 Å². The van der Waals surface area contributed by atoms with Crippen LogP contribution >= 0.6 is 0 Å². The number of fused-ring (bicyclic) bond motifs is 1. The maximum absolute atomic E-state index is 12.6. The van der Waals surface area contributed by atoms with Crippen LogP contribution in [-0.4, -0.2) is 17.9 Å². The van der Waals surface area contributed by atoms with Crippen LogP contribution in [-0.2, 0) is 6.42 Å². The number of nitrogens with zero attached hydrogens (tertiary/aromatic N) is 1. The van der Waals surface area contributed by atoms with Crippen molar-refractivity contribution >= 4 is 16.7 Å². The van der Waals surface area contributed by atoms with Crippen molar-refractivity contribution in [1.29, 1.82) is 0 Å². The van der Waals surface area contributed by atoms with Crippen molar-refractivity contribution in [3.05, 3.63) is 71.9 Å². The second kappa shape index (κ2) is 5.75. The Labute approximate surface area is 123 Å². The third-order valence-electron chi connectivity index (χ3n) is 3.49. The lowest BCUT2D eigenvalue weighted by Gasteiger charge is -2.08. The van der Waals surface area contributed by atoms with Crippen LogP contribution in [0.1, 0.15) is 15.9 Å². The minimum atomic E-state index is 0.0677. The maximum atomic E-state index is 12.6. The molecule has 0 N–H and O–H groups in total. The highest BCUT2D eigenvalue weighted by Crippen LogP contribution is 2.22. The molecule has 0 atom stereocenters. The molecule has 0 unspecified atom stereocenters. The SMILES string of the molecule is COc1ccccc1CC(=O)c1ccnc2ccccc12. The number of benzene rings is 2. The van der Waals surface area contributed by atoms with Gasteiger partial charge in [0.15, 0.2) is 5.78 Å². The zero-order chi connectivity index (χ0) is 14.7. The van der Waals surface area contributed by atoms with Crippen molar-refractivity contribution in [2.45, 2.75) is 6.42 Å². The van der Waals surface area contributed by atoms with Crippen molar-refractivity contribution in [2.75, 3.05) is 7.11 Å². The molecular weight excluding hydrogens is 262 g/mol. The Morgan fingerprint density at radius 2 is 1.81 bits per heavy atom. The summed E-state index contributed by atoms with van der Waals surface area (Å²) in [4.78, 5) is 16.9. The molecule has 21 heavy (non-hydrogen) atoms. The van der Waals surface area contributed by atoms with Gasteiger partial charge in [-0.15, -0.1) is 0 Å². The quantitative estimate of drug-likeness (QED) is 0.683. The molecule has 1 heterocycles. The summed E-state index contributed by atoms with van der Waals surface area (Å²) >= 11 is 0. The molecule has 3 rings (SSSR count). The summed E-state index contributed by atoms with van der Waals surface area (Å²) < 4.78 is 5.30. The van der Waals surface area contributed by atoms with Gasteiger partial charge in [0.25, 0.3) is 0 Å². The monoisotopic (exact) mass is 277 g/mol. The fourth-order valence-electron chi connectivity index (χ4n) is 2.46. The molecular formula is C18H15NO2. The second-order valence-corrected chi connectivity index (χ2v) is 4.79. The number of carbonyl (C=O) groups excluding carboxylic acids is 1. The van der Waals surface area contributed by atoms with Crippen LogP contribution in [0, 0.1) is 0 Å². The number of ketones is 1. The molecule has 0 spiro atoms. The second-order valence-electron chi connectivity index (χ2n) is 4.79. The highest BCUT2D eigenvalue weighted by molar-refractivity contribution is 6.08. The van der Waals surface area contributed by atoms with Gasteiger partial charge in [-0.25, -0.2) is 0 Å². The summed E-state index contributed by atoms with van der Waals surface area (Å²) in [5, 5.41) is 0.889. The Bertz CT molecular complexity index is 791. The van der Waals surface area contributed by atoms with Gasteiger partial charge >= 0.3 is 0 Å². The predicted molar refractivity (Wildman–Crippen MR) is 82.8 cm³/mol. The van der Waals surface area contributed by atoms with E-state index in [9.17, 15) is 4.79 Å². The van der Waals surface area contributed by atoms with E-state index in [0.717, 1.165) is 22.2 Å². The summed E-state index contributed by atoms with van der Waals surface area (Å²) in [6, 6.07) is 17.1. The molecule has 2 aromatic carbocycles. The van der Waals surface area contributed by atoms with E-state index in [1.54, 1.807) is 19.4 Å². The van der Waals surface area contributed by atoms with Gasteiger partial charge in [-0.1, -0.05) is 36.4 Å². The molecule has 3 nitrogen and oxygen atoms in total. The van der Waals surface area contributed by atoms with E-state index in [0.29, 0.717) is 12.0 Å². The van der Waals surface area contributed by atoms with E-state index in [1.807, 2.05) is 48.5 Å². The molecule has 0 bridgehead atoms. The Balaban J connectivity index is 1.98. The standard InChI is InChI=1S/C18H15NO2/c1-21-18-9-5-2-6-13(18)12-17(20)15-10-11-19-16-8-4-3-7-14(15)16/h2-11H,12H2,1H3. The number of rotatable bonds is 4. The smallest absolute Gasteiger partial charge is 0.168 e. The minimum Gasteiger partial charge on any atom is -0.496 e. The maximum Gasteiger partial charge on any atom is 0.168 e. The summed E-state index contributed by atoms with van der Waals surface area (Å²) in [6.45, 7) is 0. The molecule has 0 fully saturated rings. The number of hydrogen-bond donors (Lipinski definition) is 0. The van der Waals surface area contributed by atoms with Gasteiger partial charge in [0, 0.05) is 29.1 Å². The largest absolute Gasteiger partial charge is 0.496 e. The zero-order valence-corrected chi connectivity index (χ0v) is 11.7. The van der Waals surface area contributed by atoms with Gasteiger partial charge in [-0.3, -0.25) is 9.78 Å². The van der Waals surface area contributed by atoms with Crippen molar-refractivity contribution in [1.82, 2.24) is 4.98 Å². The number of methoxy groups -OCH3 is 1. The topological polar surface area (TPSA) is 39.2 Å². The summed E-state index contributed by atoms with van der Waals surface area (Å²) in [5.74, 6) is 0.808. The number of pyridine rings is 1. The lowest BCUT2D eigenvalue weighted by atomic mass is 9.99. The average Bonchev–Trinajstić information content (AvgIpc) is 2.54. The molecule has 0 radical (unpaired) electrons. The average molecular weight is 277 g/mol. The molecule has 0 aliphatic heterocycles. The summed E-state index contributed by atoms with van der Waals surface area (Å²) in [6.07, 6.45) is 2.00. The molecule has 0 saturated carbocycles. The summed E-state index contributed by atoms with van der Waals surface area (Å²) in [7, 11) is 1.62. The van der Waals surface area contributed by atoms with Gasteiger partial charge in [-0.05, 0) is 18.2 Å². The molecule has 0 aliphatic carbocycles. The fraction of sp³-hybridized carbons (Fsp3) is 0.111. The lowest BCUT2D eigenvalue weighted by molar-refractivity contribution is 0.0993. The number of carbonyl (C=O) groups is 1. The van der Waals surface area contributed by atoms with Crippen LogP contribution in [0.5, 0.6) is 5.75 Å². The van der Waals surface area contributed by atoms with Gasteiger partial charge in [-0.2, -0.15) is 0 Å². The first-order valence-corrected chi connectivity index (χ1v) is 6.78. The normalized spacial score (nSPS) is 10.5. The van der Waals surface area contributed by atoms with E-state index in [1.165, 1.54) is 0 Å². The number of ether oxygens (including phenoxy) is 1. The highest BCUT2D eigenvalue weighted by Gasteiger charge is 2.13. The van der Waals surface area contributed by atoms with Gasteiger partial charge < -0.3 is 4.74 Å². The van der Waals surface area contributed by atoms with E-state index in [-0.39, 0.29) is 5.78 Å². The van der Waals surface area contributed by atoms with Gasteiger partial charge in [0.05, 0.1) is 12.6 Å². The zero-order valence-electron chi connectivity index (χ0n) is 11.7. The Hall–Kier alpha value is -2.68. The first kappa shape index (κ1) is 13.3. The molecule has 0 saturated heterocycles. The Kier molecular flexibility index (Phi) is 3.65. The van der Waals surface area contributed by atoms with E-state index < -0.39 is 0 Å². The van der Waals surface area contributed by atoms with Crippen molar-refractivity contribution in [3.63, 3.8) is 0 Å². The molecule has 1 aromatic heterocycles. The first-order valence-electron chi connectivity index (χ1n) is 6.78. The van der Waals surface area contributed by atoms with Crippen molar-refractivity contribution < 1.29 is 9.53 Å². The first-order chi connectivity index (χ1) is 10.3.